The molecule has 7 N–H and O–H groups in total. The van der Waals surface area contributed by atoms with E-state index >= 15 is 0 Å². The summed E-state index contributed by atoms with van der Waals surface area (Å²) in [6, 6.07) is 0. The third kappa shape index (κ3) is 6.53. The van der Waals surface area contributed by atoms with E-state index in [0.717, 1.165) is 32.1 Å². The van der Waals surface area contributed by atoms with Crippen LogP contribution in [-0.2, 0) is 28.4 Å². The minimum Gasteiger partial charge on any atom is -0.396 e. The van der Waals surface area contributed by atoms with Crippen molar-refractivity contribution in [3.8, 4) is 0 Å². The third-order valence-corrected chi connectivity index (χ3v) is 16.6. The Morgan fingerprint density at radius 3 is 2.22 bits per heavy atom. The number of hydrogen-bond donors (Lipinski definition) is 7. The molecule has 0 aromatic carbocycles. The molecule has 13 nitrogen and oxygen atoms in total. The Labute approximate surface area is 325 Å². The molecule has 22 unspecified atom stereocenters. The predicted octanol–water partition coefficient (Wildman–Crippen LogP) is 2.24. The van der Waals surface area contributed by atoms with Crippen molar-refractivity contribution in [1.82, 2.24) is 0 Å². The zero-order valence-electron chi connectivity index (χ0n) is 33.5. The van der Waals surface area contributed by atoms with Crippen LogP contribution in [0, 0.1) is 58.2 Å². The highest BCUT2D eigenvalue weighted by Crippen LogP contribution is 2.72. The first kappa shape index (κ1) is 41.0. The van der Waals surface area contributed by atoms with Crippen molar-refractivity contribution in [3.63, 3.8) is 0 Å². The fourth-order valence-electron chi connectivity index (χ4n) is 13.4. The lowest BCUT2D eigenvalue weighted by molar-refractivity contribution is -0.360. The second-order valence-corrected chi connectivity index (χ2v) is 19.7. The van der Waals surface area contributed by atoms with E-state index in [-0.39, 0.29) is 35.6 Å². The van der Waals surface area contributed by atoms with E-state index in [1.165, 1.54) is 25.3 Å². The Morgan fingerprint density at radius 1 is 0.818 bits per heavy atom. The van der Waals surface area contributed by atoms with Gasteiger partial charge >= 0.3 is 0 Å². The molecule has 4 aliphatic carbocycles. The molecule has 1 spiro atoms. The summed E-state index contributed by atoms with van der Waals surface area (Å²) in [6.07, 6.45) is -3.38. The zero-order valence-corrected chi connectivity index (χ0v) is 33.5. The molecule has 0 aromatic heterocycles. The maximum atomic E-state index is 11.3. The molecule has 8 aliphatic rings. The Bertz CT molecular complexity index is 1400. The first-order valence-electron chi connectivity index (χ1n) is 21.3. The first-order valence-corrected chi connectivity index (χ1v) is 21.3. The second-order valence-electron chi connectivity index (χ2n) is 19.7. The molecule has 0 bridgehead atoms. The molecular weight excluding hydrogens is 712 g/mol. The summed E-state index contributed by atoms with van der Waals surface area (Å²) >= 11 is 0. The van der Waals surface area contributed by atoms with Crippen molar-refractivity contribution < 1.29 is 64.2 Å². The van der Waals surface area contributed by atoms with Gasteiger partial charge in [-0.15, -0.1) is 0 Å². The third-order valence-electron chi connectivity index (χ3n) is 16.6. The molecule has 0 amide bonds. The highest BCUT2D eigenvalue weighted by Gasteiger charge is 2.70. The predicted molar refractivity (Wildman–Crippen MR) is 197 cm³/mol. The van der Waals surface area contributed by atoms with Gasteiger partial charge in [-0.2, -0.15) is 0 Å². The summed E-state index contributed by atoms with van der Waals surface area (Å²) in [5.41, 5.74) is 1.59. The van der Waals surface area contributed by atoms with Crippen molar-refractivity contribution in [2.75, 3.05) is 19.8 Å². The zero-order chi connectivity index (χ0) is 39.4. The number of allylic oxidation sites excluding steroid dienone is 1. The van der Waals surface area contributed by atoms with Gasteiger partial charge < -0.3 is 64.2 Å². The number of ether oxygens (including phenoxy) is 6. The lowest BCUT2D eigenvalue weighted by Gasteiger charge is -2.61. The average molecular weight is 781 g/mol. The topological polar surface area (TPSA) is 197 Å². The van der Waals surface area contributed by atoms with Crippen molar-refractivity contribution in [2.45, 2.75) is 172 Å². The summed E-state index contributed by atoms with van der Waals surface area (Å²) in [5.74, 6) is 2.93. The SMILES string of the molecule is CC(C)C1C=C2CC(OC3OC(CO)C(OC4OC(C)C(O)C(O)C4O)C(O)C3O)CCC2(C)C2CCC3(C)C(CC4OC5(CCC(CO)CO5)C(C)C43)C12. The van der Waals surface area contributed by atoms with Crippen LogP contribution in [0.25, 0.3) is 0 Å². The largest absolute Gasteiger partial charge is 0.396 e. The van der Waals surface area contributed by atoms with E-state index in [1.807, 2.05) is 0 Å². The molecule has 7 fully saturated rings. The summed E-state index contributed by atoms with van der Waals surface area (Å²) in [7, 11) is 0. The van der Waals surface area contributed by atoms with E-state index in [4.69, 9.17) is 28.4 Å². The number of rotatable bonds is 7. The Morgan fingerprint density at radius 2 is 1.55 bits per heavy atom. The summed E-state index contributed by atoms with van der Waals surface area (Å²) < 4.78 is 37.4. The molecule has 0 radical (unpaired) electrons. The van der Waals surface area contributed by atoms with Crippen molar-refractivity contribution in [2.24, 2.45) is 58.2 Å². The Kier molecular flexibility index (Phi) is 11.2. The lowest BCUT2D eigenvalue weighted by atomic mass is 9.44. The fraction of sp³-hybridized carbons (Fsp3) is 0.952. The van der Waals surface area contributed by atoms with Crippen molar-refractivity contribution >= 4 is 0 Å². The first-order chi connectivity index (χ1) is 26.1. The highest BCUT2D eigenvalue weighted by atomic mass is 16.7. The van der Waals surface area contributed by atoms with Gasteiger partial charge in [0.15, 0.2) is 18.4 Å². The quantitative estimate of drug-likeness (QED) is 0.186. The molecule has 0 aromatic rings. The molecule has 13 heteroatoms. The van der Waals surface area contributed by atoms with Crippen LogP contribution in [-0.4, -0.2) is 135 Å². The minimum atomic E-state index is -1.62. The lowest BCUT2D eigenvalue weighted by Crippen LogP contribution is -2.64. The molecule has 314 valence electrons. The second kappa shape index (κ2) is 15.0. The minimum absolute atomic E-state index is 0.0165. The molecule has 4 heterocycles. The van der Waals surface area contributed by atoms with Crippen LogP contribution in [0.1, 0.15) is 92.9 Å². The fourth-order valence-corrected chi connectivity index (χ4v) is 13.4. The molecule has 22 atom stereocenters. The Balaban J connectivity index is 0.961. The summed E-state index contributed by atoms with van der Waals surface area (Å²) in [6.45, 7) is 13.8. The van der Waals surface area contributed by atoms with Gasteiger partial charge in [-0.25, -0.2) is 0 Å². The molecule has 3 saturated carbocycles. The van der Waals surface area contributed by atoms with Gasteiger partial charge in [0.05, 0.1) is 31.5 Å². The number of aliphatic hydroxyl groups is 7. The highest BCUT2D eigenvalue weighted by molar-refractivity contribution is 5.28. The van der Waals surface area contributed by atoms with Crippen LogP contribution in [0.4, 0.5) is 0 Å². The van der Waals surface area contributed by atoms with Crippen LogP contribution >= 0.6 is 0 Å². The van der Waals surface area contributed by atoms with Gasteiger partial charge in [-0.3, -0.25) is 0 Å². The van der Waals surface area contributed by atoms with E-state index in [2.05, 4.69) is 40.7 Å². The van der Waals surface area contributed by atoms with Crippen LogP contribution < -0.4 is 0 Å². The van der Waals surface area contributed by atoms with Gasteiger partial charge in [0.1, 0.15) is 42.7 Å². The Hall–Kier alpha value is -0.780. The monoisotopic (exact) mass is 780 g/mol. The summed E-state index contributed by atoms with van der Waals surface area (Å²) in [4.78, 5) is 0. The maximum Gasteiger partial charge on any atom is 0.187 e. The number of fused-ring (bicyclic) bond motifs is 7. The van der Waals surface area contributed by atoms with Gasteiger partial charge in [-0.1, -0.05) is 46.3 Å². The van der Waals surface area contributed by atoms with Crippen LogP contribution in [0.2, 0.25) is 0 Å². The smallest absolute Gasteiger partial charge is 0.187 e. The molecular formula is C42H68O13. The normalized spacial score (nSPS) is 56.5. The van der Waals surface area contributed by atoms with E-state index in [1.54, 1.807) is 0 Å². The summed E-state index contributed by atoms with van der Waals surface area (Å²) in [5, 5.41) is 73.3. The molecule has 8 rings (SSSR count). The van der Waals surface area contributed by atoms with E-state index in [9.17, 15) is 35.7 Å². The van der Waals surface area contributed by atoms with E-state index in [0.29, 0.717) is 54.5 Å². The molecule has 4 aliphatic heterocycles. The van der Waals surface area contributed by atoms with Crippen LogP contribution in [0.5, 0.6) is 0 Å². The van der Waals surface area contributed by atoms with E-state index < -0.39 is 73.8 Å². The number of hydrogen-bond acceptors (Lipinski definition) is 13. The van der Waals surface area contributed by atoms with Gasteiger partial charge in [0.25, 0.3) is 0 Å². The van der Waals surface area contributed by atoms with Gasteiger partial charge in [0.2, 0.25) is 0 Å². The average Bonchev–Trinajstić information content (AvgIpc) is 3.61. The van der Waals surface area contributed by atoms with Crippen LogP contribution in [0.3, 0.4) is 0 Å². The molecule has 4 saturated heterocycles. The van der Waals surface area contributed by atoms with Gasteiger partial charge in [0, 0.05) is 24.9 Å². The van der Waals surface area contributed by atoms with Crippen molar-refractivity contribution in [1.29, 1.82) is 0 Å². The standard InChI is InChI=1S/C42H68O13/c1-19(2)25-14-23-13-24(52-39-36(49)34(47)37(29(17-44)53-39)54-38-35(48)33(46)32(45)21(4)51-38)8-10-40(23,5)26-9-11-41(6)27(30(25)26)15-28-31(41)20(3)42(55-28)12-7-22(16-43)18-50-42/h14,19-22,24-39,43-49H,7-13,15-18H2,1-6H3. The van der Waals surface area contributed by atoms with Crippen LogP contribution in [0.15, 0.2) is 11.6 Å². The maximum absolute atomic E-state index is 11.3. The van der Waals surface area contributed by atoms with Crippen molar-refractivity contribution in [3.05, 3.63) is 11.6 Å². The number of aliphatic hydroxyl groups excluding tert-OH is 7. The molecule has 55 heavy (non-hydrogen) atoms. The van der Waals surface area contributed by atoms with Gasteiger partial charge in [-0.05, 0) is 98.2 Å².